The zero-order valence-corrected chi connectivity index (χ0v) is 8.70. The molecule has 0 radical (unpaired) electrons. The van der Waals surface area contributed by atoms with E-state index in [-0.39, 0.29) is 10.9 Å². The van der Waals surface area contributed by atoms with E-state index in [9.17, 15) is 0 Å². The highest BCUT2D eigenvalue weighted by atomic mass is 14.8. The molecule has 2 N–H and O–H groups in total. The molecule has 0 spiro atoms. The maximum Gasteiger partial charge on any atom is 0.111 e. The average molecular weight is 155 g/mol. The van der Waals surface area contributed by atoms with Crippen LogP contribution in [0.2, 0.25) is 5.31 Å². The lowest BCUT2D eigenvalue weighted by Crippen LogP contribution is -2.48. The Bertz CT molecular complexity index is 117. The minimum atomic E-state index is 0.0295. The highest BCUT2D eigenvalue weighted by molar-refractivity contribution is 6.15. The van der Waals surface area contributed by atoms with Gasteiger partial charge < -0.3 is 5.73 Å². The monoisotopic (exact) mass is 155 g/mol. The minimum Gasteiger partial charge on any atom is -0.325 e. The molecule has 1 nitrogen and oxygen atoms in total. The molecule has 0 aromatic rings. The zero-order chi connectivity index (χ0) is 9.12. The van der Waals surface area contributed by atoms with E-state index in [0.717, 1.165) is 12.8 Å². The average Bonchev–Trinajstić information content (AvgIpc) is 1.86. The molecule has 0 heterocycles. The van der Waals surface area contributed by atoms with E-state index in [1.807, 2.05) is 0 Å². The van der Waals surface area contributed by atoms with Crippen LogP contribution in [0.3, 0.4) is 0 Å². The first kappa shape index (κ1) is 11.0. The second-order valence-electron chi connectivity index (χ2n) is 4.51. The first-order chi connectivity index (χ1) is 4.87. The fourth-order valence-corrected chi connectivity index (χ4v) is 1.53. The molecule has 0 aliphatic rings. The van der Waals surface area contributed by atoms with Gasteiger partial charge in [0.2, 0.25) is 0 Å². The predicted molar refractivity (Wildman–Crippen MR) is 54.7 cm³/mol. The van der Waals surface area contributed by atoms with Crippen molar-refractivity contribution in [3.8, 4) is 0 Å². The lowest BCUT2D eigenvalue weighted by atomic mass is 9.57. The molecule has 0 saturated heterocycles. The summed E-state index contributed by atoms with van der Waals surface area (Å²) in [6, 6.07) is 0. The van der Waals surface area contributed by atoms with Crippen LogP contribution in [-0.4, -0.2) is 13.4 Å². The maximum atomic E-state index is 6.28. The van der Waals surface area contributed by atoms with Gasteiger partial charge in [-0.25, -0.2) is 0 Å². The lowest BCUT2D eigenvalue weighted by molar-refractivity contribution is 0.291. The van der Waals surface area contributed by atoms with Gasteiger partial charge in [-0.05, 0) is 18.2 Å². The largest absolute Gasteiger partial charge is 0.325 e. The zero-order valence-electron chi connectivity index (χ0n) is 8.70. The molecular weight excluding hydrogens is 133 g/mol. The van der Waals surface area contributed by atoms with Crippen LogP contribution in [0.5, 0.6) is 0 Å². The van der Waals surface area contributed by atoms with Crippen molar-refractivity contribution >= 4 is 7.85 Å². The van der Waals surface area contributed by atoms with Crippen LogP contribution in [0.4, 0.5) is 0 Å². The van der Waals surface area contributed by atoms with Crippen molar-refractivity contribution < 1.29 is 0 Å². The summed E-state index contributed by atoms with van der Waals surface area (Å²) in [4.78, 5) is 0. The van der Waals surface area contributed by atoms with Gasteiger partial charge in [0.25, 0.3) is 0 Å². The molecule has 66 valence electrons. The first-order valence-electron chi connectivity index (χ1n) is 4.66. The quantitative estimate of drug-likeness (QED) is 0.614. The number of rotatable bonds is 4. The molecule has 0 aromatic carbocycles. The van der Waals surface area contributed by atoms with E-state index < -0.39 is 0 Å². The summed E-state index contributed by atoms with van der Waals surface area (Å²) >= 11 is 0. The molecular formula is C9H22BN. The summed E-state index contributed by atoms with van der Waals surface area (Å²) in [5, 5.41) is 0.234. The van der Waals surface area contributed by atoms with Gasteiger partial charge >= 0.3 is 0 Å². The van der Waals surface area contributed by atoms with E-state index in [2.05, 4.69) is 35.5 Å². The molecule has 0 aliphatic carbocycles. The van der Waals surface area contributed by atoms with E-state index in [4.69, 9.17) is 5.73 Å². The van der Waals surface area contributed by atoms with Crippen molar-refractivity contribution in [2.45, 2.75) is 57.8 Å². The van der Waals surface area contributed by atoms with Crippen molar-refractivity contribution in [3.63, 3.8) is 0 Å². The molecule has 0 rings (SSSR count). The Balaban J connectivity index is 4.33. The van der Waals surface area contributed by atoms with Crippen molar-refractivity contribution in [2.24, 2.45) is 5.73 Å². The van der Waals surface area contributed by atoms with Crippen LogP contribution >= 0.6 is 0 Å². The second kappa shape index (κ2) is 3.62. The van der Waals surface area contributed by atoms with E-state index in [0.29, 0.717) is 0 Å². The molecule has 0 bridgehead atoms. The summed E-state index contributed by atoms with van der Waals surface area (Å²) in [6.45, 7) is 8.84. The molecule has 2 heteroatoms. The number of hydrogen-bond donors (Lipinski definition) is 1. The van der Waals surface area contributed by atoms with Crippen molar-refractivity contribution in [1.29, 1.82) is 0 Å². The molecule has 11 heavy (non-hydrogen) atoms. The van der Waals surface area contributed by atoms with E-state index in [1.165, 1.54) is 6.42 Å². The van der Waals surface area contributed by atoms with E-state index in [1.54, 1.807) is 0 Å². The third-order valence-corrected chi connectivity index (χ3v) is 2.82. The van der Waals surface area contributed by atoms with Gasteiger partial charge in [-0.2, -0.15) is 0 Å². The molecule has 1 atom stereocenters. The van der Waals surface area contributed by atoms with Crippen molar-refractivity contribution in [1.82, 2.24) is 0 Å². The summed E-state index contributed by atoms with van der Waals surface area (Å²) in [5.74, 6) is 0. The maximum absolute atomic E-state index is 6.28. The van der Waals surface area contributed by atoms with Crippen LogP contribution in [0, 0.1) is 0 Å². The molecule has 0 fully saturated rings. The van der Waals surface area contributed by atoms with Gasteiger partial charge in [-0.3, -0.25) is 0 Å². The summed E-state index contributed by atoms with van der Waals surface area (Å²) in [6.07, 6.45) is 3.39. The van der Waals surface area contributed by atoms with Gasteiger partial charge in [-0.1, -0.05) is 34.1 Å². The predicted octanol–water partition coefficient (Wildman–Crippen LogP) is 1.73. The van der Waals surface area contributed by atoms with Gasteiger partial charge in [0.05, 0.1) is 0 Å². The summed E-state index contributed by atoms with van der Waals surface area (Å²) in [7, 11) is 2.23. The van der Waals surface area contributed by atoms with Crippen LogP contribution in [0.25, 0.3) is 0 Å². The van der Waals surface area contributed by atoms with Crippen molar-refractivity contribution in [3.05, 3.63) is 0 Å². The van der Waals surface area contributed by atoms with Crippen LogP contribution in [-0.2, 0) is 0 Å². The van der Waals surface area contributed by atoms with Crippen LogP contribution in [0.1, 0.15) is 47.0 Å². The molecule has 0 aliphatic heterocycles. The van der Waals surface area contributed by atoms with Crippen LogP contribution in [0.15, 0.2) is 0 Å². The summed E-state index contributed by atoms with van der Waals surface area (Å²) in [5.41, 5.74) is 6.31. The Kier molecular flexibility index (Phi) is 3.63. The molecule has 0 amide bonds. The standard InChI is InChI=1S/C9H22BN/c1-5-7-9(11,6-2)8(3,4)10/h5-7,10-11H2,1-4H3. The minimum absolute atomic E-state index is 0.0295. The van der Waals surface area contributed by atoms with Gasteiger partial charge in [-0.15, -0.1) is 0 Å². The Morgan fingerprint density at radius 2 is 1.73 bits per heavy atom. The third-order valence-electron chi connectivity index (χ3n) is 2.82. The van der Waals surface area contributed by atoms with Gasteiger partial charge in [0.15, 0.2) is 0 Å². The fraction of sp³-hybridized carbons (Fsp3) is 1.00. The Morgan fingerprint density at radius 1 is 1.27 bits per heavy atom. The molecule has 1 unspecified atom stereocenters. The number of nitrogens with two attached hydrogens (primary N) is 1. The lowest BCUT2D eigenvalue weighted by Gasteiger charge is -2.41. The molecule has 0 aromatic heterocycles. The topological polar surface area (TPSA) is 26.0 Å². The fourth-order valence-electron chi connectivity index (χ4n) is 1.53. The Hall–Kier alpha value is 0.0249. The second-order valence-corrected chi connectivity index (χ2v) is 4.51. The normalized spacial score (nSPS) is 17.9. The molecule has 0 saturated carbocycles. The summed E-state index contributed by atoms with van der Waals surface area (Å²) < 4.78 is 0. The first-order valence-corrected chi connectivity index (χ1v) is 4.66. The van der Waals surface area contributed by atoms with Crippen molar-refractivity contribution in [2.75, 3.05) is 0 Å². The number of hydrogen-bond acceptors (Lipinski definition) is 1. The third kappa shape index (κ3) is 2.51. The van der Waals surface area contributed by atoms with Gasteiger partial charge in [0.1, 0.15) is 7.85 Å². The van der Waals surface area contributed by atoms with E-state index >= 15 is 0 Å². The SMILES string of the molecule is BC(C)(C)C(N)(CC)CCC. The Morgan fingerprint density at radius 3 is 1.82 bits per heavy atom. The highest BCUT2D eigenvalue weighted by Gasteiger charge is 2.34. The smallest absolute Gasteiger partial charge is 0.111 e. The Labute approximate surface area is 72.2 Å². The highest BCUT2D eigenvalue weighted by Crippen LogP contribution is 2.38. The van der Waals surface area contributed by atoms with Gasteiger partial charge in [0, 0.05) is 5.54 Å². The van der Waals surface area contributed by atoms with Crippen LogP contribution < -0.4 is 5.73 Å².